The fourth-order valence-electron chi connectivity index (χ4n) is 2.98. The van der Waals surface area contributed by atoms with Crippen molar-refractivity contribution in [1.29, 1.82) is 0 Å². The summed E-state index contributed by atoms with van der Waals surface area (Å²) in [5.74, 6) is -1.39. The van der Waals surface area contributed by atoms with E-state index in [1.165, 1.54) is 18.1 Å². The van der Waals surface area contributed by atoms with E-state index < -0.39 is 29.9 Å². The average Bonchev–Trinajstić information content (AvgIpc) is 3.12. The van der Waals surface area contributed by atoms with Crippen LogP contribution in [0.5, 0.6) is 0 Å². The van der Waals surface area contributed by atoms with Crippen molar-refractivity contribution in [3.8, 4) is 0 Å². The molecule has 0 radical (unpaired) electrons. The number of benzene rings is 1. The van der Waals surface area contributed by atoms with Crippen molar-refractivity contribution in [2.45, 2.75) is 24.6 Å². The molecule has 1 N–H and O–H groups in total. The number of aryl methyl sites for hydroxylation is 1. The van der Waals surface area contributed by atoms with Gasteiger partial charge in [0, 0.05) is 31.7 Å². The van der Waals surface area contributed by atoms with Crippen LogP contribution in [0.15, 0.2) is 36.7 Å². The normalized spacial score (nSPS) is 16.8. The molecule has 1 aliphatic heterocycles. The molecule has 8 heteroatoms. The molecular weight excluding hydrogens is 323 g/mol. The van der Waals surface area contributed by atoms with Crippen molar-refractivity contribution >= 4 is 11.6 Å². The molecule has 0 spiro atoms. The lowest BCUT2D eigenvalue weighted by molar-refractivity contribution is -0.270. The lowest BCUT2D eigenvalue weighted by atomic mass is 9.96. The maximum atomic E-state index is 13.5. The summed E-state index contributed by atoms with van der Waals surface area (Å²) in [6.07, 6.45) is -3.12. The Balaban J connectivity index is 1.92. The Hall–Kier alpha value is -2.35. The molecular formula is C16H16F3N3O2. The van der Waals surface area contributed by atoms with E-state index in [1.807, 2.05) is 12.1 Å². The van der Waals surface area contributed by atoms with Gasteiger partial charge in [0.05, 0.1) is 6.42 Å². The first-order chi connectivity index (χ1) is 11.2. The van der Waals surface area contributed by atoms with Crippen LogP contribution in [0.3, 0.4) is 0 Å². The minimum absolute atomic E-state index is 0.298. The lowest BCUT2D eigenvalue weighted by Gasteiger charge is -2.31. The number of aliphatic hydroxyl groups is 1. The summed E-state index contributed by atoms with van der Waals surface area (Å²) in [6.45, 7) is 0.298. The van der Waals surface area contributed by atoms with Gasteiger partial charge in [-0.3, -0.25) is 4.79 Å². The highest BCUT2D eigenvalue weighted by Crippen LogP contribution is 2.42. The molecule has 1 aromatic carbocycles. The van der Waals surface area contributed by atoms with Crippen LogP contribution < -0.4 is 4.90 Å². The number of carbonyl (C=O) groups is 1. The van der Waals surface area contributed by atoms with E-state index in [9.17, 15) is 23.1 Å². The van der Waals surface area contributed by atoms with Crippen LogP contribution in [0.2, 0.25) is 0 Å². The second-order valence-corrected chi connectivity index (χ2v) is 5.82. The van der Waals surface area contributed by atoms with Gasteiger partial charge in [0.25, 0.3) is 0 Å². The van der Waals surface area contributed by atoms with Gasteiger partial charge in [0.2, 0.25) is 11.5 Å². The number of carbonyl (C=O) groups excluding carboxylic acids is 1. The maximum Gasteiger partial charge on any atom is 0.425 e. The summed E-state index contributed by atoms with van der Waals surface area (Å²) in [4.78, 5) is 17.4. The zero-order valence-corrected chi connectivity index (χ0v) is 12.9. The van der Waals surface area contributed by atoms with Crippen LogP contribution in [0.25, 0.3) is 0 Å². The number of anilines is 1. The number of hydrogen-bond donors (Lipinski definition) is 1. The van der Waals surface area contributed by atoms with Gasteiger partial charge in [-0.05, 0) is 18.1 Å². The molecule has 3 rings (SSSR count). The van der Waals surface area contributed by atoms with E-state index in [2.05, 4.69) is 4.98 Å². The number of rotatable bonds is 3. The first-order valence-corrected chi connectivity index (χ1v) is 7.39. The number of nitrogens with zero attached hydrogens (tertiary/aromatic N) is 3. The summed E-state index contributed by atoms with van der Waals surface area (Å²) in [7, 11) is 1.34. The molecule has 128 valence electrons. The van der Waals surface area contributed by atoms with Gasteiger partial charge in [0.15, 0.2) is 5.82 Å². The van der Waals surface area contributed by atoms with Crippen molar-refractivity contribution in [3.05, 3.63) is 48.0 Å². The largest absolute Gasteiger partial charge is 0.425 e. The van der Waals surface area contributed by atoms with Gasteiger partial charge in [-0.25, -0.2) is 4.98 Å². The third-order valence-corrected chi connectivity index (χ3v) is 4.26. The lowest BCUT2D eigenvalue weighted by Crippen LogP contribution is -2.48. The van der Waals surface area contributed by atoms with Crippen LogP contribution in [-0.2, 0) is 23.9 Å². The van der Waals surface area contributed by atoms with E-state index in [0.29, 0.717) is 18.7 Å². The molecule has 0 saturated heterocycles. The number of alkyl halides is 3. The predicted octanol–water partition coefficient (Wildman–Crippen LogP) is 2.15. The topological polar surface area (TPSA) is 58.4 Å². The second-order valence-electron chi connectivity index (χ2n) is 5.82. The minimum atomic E-state index is -5.03. The summed E-state index contributed by atoms with van der Waals surface area (Å²) in [5, 5.41) is 10.3. The Morgan fingerprint density at radius 2 is 2.04 bits per heavy atom. The number of aromatic nitrogens is 2. The third kappa shape index (κ3) is 2.56. The van der Waals surface area contributed by atoms with Crippen molar-refractivity contribution < 1.29 is 23.1 Å². The second kappa shape index (κ2) is 5.62. The molecule has 0 unspecified atom stereocenters. The van der Waals surface area contributed by atoms with Gasteiger partial charge in [0.1, 0.15) is 0 Å². The molecule has 0 bridgehead atoms. The molecule has 1 aliphatic rings. The molecule has 0 aliphatic carbocycles. The number of imidazole rings is 1. The smallest absolute Gasteiger partial charge is 0.374 e. The van der Waals surface area contributed by atoms with E-state index in [4.69, 9.17) is 0 Å². The Morgan fingerprint density at radius 3 is 2.67 bits per heavy atom. The van der Waals surface area contributed by atoms with E-state index in [-0.39, 0.29) is 0 Å². The standard InChI is InChI=1S/C16H16F3N3O2/c1-21-9-7-20-14(21)15(24,16(17,18)19)10-13(23)22-8-6-11-4-2-3-5-12(11)22/h2-5,7,9,24H,6,8,10H2,1H3/t15-/m1/s1. The zero-order valence-electron chi connectivity index (χ0n) is 12.9. The summed E-state index contributed by atoms with van der Waals surface area (Å²) >= 11 is 0. The van der Waals surface area contributed by atoms with Crippen molar-refractivity contribution in [2.24, 2.45) is 7.05 Å². The van der Waals surface area contributed by atoms with Gasteiger partial charge < -0.3 is 14.6 Å². The Kier molecular flexibility index (Phi) is 3.87. The average molecular weight is 339 g/mol. The zero-order chi connectivity index (χ0) is 17.5. The van der Waals surface area contributed by atoms with Crippen LogP contribution in [-0.4, -0.2) is 33.3 Å². The third-order valence-electron chi connectivity index (χ3n) is 4.26. The maximum absolute atomic E-state index is 13.5. The molecule has 5 nitrogen and oxygen atoms in total. The molecule has 1 aromatic heterocycles. The van der Waals surface area contributed by atoms with Gasteiger partial charge >= 0.3 is 6.18 Å². The molecule has 1 amide bonds. The molecule has 2 aromatic rings. The highest BCUT2D eigenvalue weighted by molar-refractivity contribution is 5.96. The van der Waals surface area contributed by atoms with Crippen LogP contribution in [0.4, 0.5) is 18.9 Å². The monoisotopic (exact) mass is 339 g/mol. The fraction of sp³-hybridized carbons (Fsp3) is 0.375. The number of hydrogen-bond acceptors (Lipinski definition) is 3. The van der Waals surface area contributed by atoms with Crippen molar-refractivity contribution in [2.75, 3.05) is 11.4 Å². The van der Waals surface area contributed by atoms with E-state index in [0.717, 1.165) is 16.3 Å². The minimum Gasteiger partial charge on any atom is -0.374 e. The molecule has 1 atom stereocenters. The molecule has 0 fully saturated rings. The SMILES string of the molecule is Cn1ccnc1[C@](O)(CC(=O)N1CCc2ccccc21)C(F)(F)F. The summed E-state index contributed by atoms with van der Waals surface area (Å²) < 4.78 is 41.6. The quantitative estimate of drug-likeness (QED) is 0.932. The molecule has 0 saturated carbocycles. The number of para-hydroxylation sites is 1. The number of fused-ring (bicyclic) bond motifs is 1. The van der Waals surface area contributed by atoms with Crippen molar-refractivity contribution in [1.82, 2.24) is 9.55 Å². The van der Waals surface area contributed by atoms with Crippen LogP contribution in [0, 0.1) is 0 Å². The Labute approximate surface area is 136 Å². The number of amides is 1. The molecule has 2 heterocycles. The predicted molar refractivity (Wildman–Crippen MR) is 80.3 cm³/mol. The van der Waals surface area contributed by atoms with Crippen LogP contribution >= 0.6 is 0 Å². The first-order valence-electron chi connectivity index (χ1n) is 7.39. The number of halogens is 3. The fourth-order valence-corrected chi connectivity index (χ4v) is 2.98. The summed E-state index contributed by atoms with van der Waals surface area (Å²) in [5.41, 5.74) is -1.84. The van der Waals surface area contributed by atoms with Crippen LogP contribution in [0.1, 0.15) is 17.8 Å². The highest BCUT2D eigenvalue weighted by Gasteiger charge is 2.59. The Bertz CT molecular complexity index is 772. The Morgan fingerprint density at radius 1 is 1.33 bits per heavy atom. The van der Waals surface area contributed by atoms with Gasteiger partial charge in [-0.1, -0.05) is 18.2 Å². The van der Waals surface area contributed by atoms with Crippen molar-refractivity contribution in [3.63, 3.8) is 0 Å². The first kappa shape index (κ1) is 16.5. The van der Waals surface area contributed by atoms with E-state index >= 15 is 0 Å². The van der Waals surface area contributed by atoms with E-state index in [1.54, 1.807) is 12.1 Å². The van der Waals surface area contributed by atoms with Gasteiger partial charge in [-0.2, -0.15) is 13.2 Å². The summed E-state index contributed by atoms with van der Waals surface area (Å²) in [6, 6.07) is 7.05. The highest BCUT2D eigenvalue weighted by atomic mass is 19.4. The molecule has 24 heavy (non-hydrogen) atoms. The van der Waals surface area contributed by atoms with Gasteiger partial charge in [-0.15, -0.1) is 0 Å².